The van der Waals surface area contributed by atoms with Gasteiger partial charge in [-0.25, -0.2) is 13.2 Å². The fourth-order valence-corrected chi connectivity index (χ4v) is 7.32. The Bertz CT molecular complexity index is 1420. The third-order valence-electron chi connectivity index (χ3n) is 9.25. The Balaban J connectivity index is 1.84. The quantitative estimate of drug-likeness (QED) is 0.347. The highest BCUT2D eigenvalue weighted by Crippen LogP contribution is 2.31. The molecule has 2 fully saturated rings. The fraction of sp³-hybridized carbons (Fsp3) is 0.694. The maximum absolute atomic E-state index is 14.1. The van der Waals surface area contributed by atoms with E-state index in [1.54, 1.807) is 32.9 Å². The number of ketones is 1. The van der Waals surface area contributed by atoms with E-state index in [4.69, 9.17) is 4.74 Å². The number of benzene rings is 1. The van der Waals surface area contributed by atoms with E-state index in [9.17, 15) is 32.4 Å². The predicted molar refractivity (Wildman–Crippen MR) is 186 cm³/mol. The van der Waals surface area contributed by atoms with Gasteiger partial charge in [-0.2, -0.15) is 0 Å². The molecule has 1 aromatic carbocycles. The third kappa shape index (κ3) is 12.4. The first-order chi connectivity index (χ1) is 23.0. The van der Waals surface area contributed by atoms with Crippen LogP contribution in [0.1, 0.15) is 111 Å². The molecule has 13 heteroatoms. The van der Waals surface area contributed by atoms with Gasteiger partial charge < -0.3 is 25.6 Å². The van der Waals surface area contributed by atoms with Gasteiger partial charge in [0.25, 0.3) is 5.91 Å². The third-order valence-corrected chi connectivity index (χ3v) is 10.8. The van der Waals surface area contributed by atoms with Crippen LogP contribution < -0.4 is 16.0 Å². The lowest BCUT2D eigenvalue weighted by Crippen LogP contribution is -2.56. The molecule has 12 nitrogen and oxygen atoms in total. The summed E-state index contributed by atoms with van der Waals surface area (Å²) in [6.45, 7) is 11.4. The number of amides is 4. The lowest BCUT2D eigenvalue weighted by Gasteiger charge is -2.30. The van der Waals surface area contributed by atoms with Gasteiger partial charge in [-0.3, -0.25) is 19.2 Å². The van der Waals surface area contributed by atoms with Crippen molar-refractivity contribution in [2.75, 3.05) is 12.4 Å². The summed E-state index contributed by atoms with van der Waals surface area (Å²) in [7, 11) is -3.91. The second kappa shape index (κ2) is 18.0. The van der Waals surface area contributed by atoms with E-state index in [1.165, 1.54) is 17.0 Å². The summed E-state index contributed by atoms with van der Waals surface area (Å²) in [5.74, 6) is -3.61. The minimum absolute atomic E-state index is 0.00287. The summed E-state index contributed by atoms with van der Waals surface area (Å²) in [5, 5.41) is 7.76. The average Bonchev–Trinajstić information content (AvgIpc) is 3.48. The molecule has 2 heterocycles. The van der Waals surface area contributed by atoms with Crippen LogP contribution in [-0.2, 0) is 33.8 Å². The molecule has 3 N–H and O–H groups in total. The van der Waals surface area contributed by atoms with Gasteiger partial charge in [0.1, 0.15) is 23.6 Å². The van der Waals surface area contributed by atoms with E-state index in [0.29, 0.717) is 25.8 Å². The maximum Gasteiger partial charge on any atom is 0.408 e. The average molecular weight is 705 g/mol. The molecule has 4 amide bonds. The monoisotopic (exact) mass is 704 g/mol. The normalized spacial score (nSPS) is 23.6. The predicted octanol–water partition coefficient (Wildman–Crippen LogP) is 4.58. The van der Waals surface area contributed by atoms with E-state index >= 15 is 0 Å². The SMILES string of the molecule is Cc1ccc(S(=O)(=O)CNC(=O)C(=O)[C@@H]2CCCCCCCCCC[C@H](NC(=O)OC(C)(C)C)C(=O)N3CC(C(C)C)C[C@H]3C(=O)N2)cc1. The van der Waals surface area contributed by atoms with Crippen LogP contribution in [0.5, 0.6) is 0 Å². The fourth-order valence-electron chi connectivity index (χ4n) is 6.28. The Morgan fingerprint density at radius 2 is 1.51 bits per heavy atom. The Morgan fingerprint density at radius 1 is 0.939 bits per heavy atom. The molecule has 2 aliphatic rings. The first kappa shape index (κ1) is 40.0. The molecule has 1 aromatic rings. The first-order valence-corrected chi connectivity index (χ1v) is 19.4. The number of alkyl carbamates (subject to hydrolysis) is 1. The van der Waals surface area contributed by atoms with Crippen LogP contribution in [0.4, 0.5) is 4.79 Å². The van der Waals surface area contributed by atoms with Gasteiger partial charge in [-0.1, -0.05) is 82.9 Å². The molecule has 4 atom stereocenters. The Kier molecular flexibility index (Phi) is 14.6. The first-order valence-electron chi connectivity index (χ1n) is 17.7. The molecule has 0 radical (unpaired) electrons. The summed E-state index contributed by atoms with van der Waals surface area (Å²) < 4.78 is 31.1. The molecule has 3 rings (SSSR count). The van der Waals surface area contributed by atoms with Gasteiger partial charge in [0, 0.05) is 6.54 Å². The van der Waals surface area contributed by atoms with Crippen molar-refractivity contribution < 1.29 is 37.1 Å². The number of rotatable bonds is 7. The van der Waals surface area contributed by atoms with Crippen LogP contribution in [0.15, 0.2) is 29.2 Å². The van der Waals surface area contributed by atoms with E-state index in [1.807, 2.05) is 20.8 Å². The van der Waals surface area contributed by atoms with Crippen LogP contribution in [-0.4, -0.2) is 79.1 Å². The number of ether oxygens (including phenoxy) is 1. The summed E-state index contributed by atoms with van der Waals surface area (Å²) in [5.41, 5.74) is 0.114. The summed E-state index contributed by atoms with van der Waals surface area (Å²) in [4.78, 5) is 68.9. The van der Waals surface area contributed by atoms with Crippen molar-refractivity contribution in [1.29, 1.82) is 0 Å². The molecule has 1 unspecified atom stereocenters. The molecule has 2 saturated heterocycles. The van der Waals surface area contributed by atoms with Crippen LogP contribution in [0, 0.1) is 18.8 Å². The summed E-state index contributed by atoms with van der Waals surface area (Å²) in [6.07, 6.45) is 7.10. The molecule has 2 aliphatic heterocycles. The smallest absolute Gasteiger partial charge is 0.408 e. The summed E-state index contributed by atoms with van der Waals surface area (Å²) in [6, 6.07) is 3.16. The number of Topliss-reactive ketones (excluding diaryl/α,β-unsaturated/α-hetero) is 1. The van der Waals surface area contributed by atoms with Crippen LogP contribution >= 0.6 is 0 Å². The standard InChI is InChI=1S/C36H56N4O8S/c1-24(2)26-21-30-32(42)38-28(31(41)33(43)37-23-49(46,47)27-19-17-25(3)18-20-27)15-13-11-9-7-8-10-12-14-16-29(34(44)40(30)22-26)39-35(45)48-36(4,5)6/h17-20,24,26,28-30H,7-16,21-23H2,1-6H3,(H,37,43)(H,38,42)(H,39,45)/t26?,28-,29-,30-/m0/s1. The van der Waals surface area contributed by atoms with Crippen molar-refractivity contribution in [2.45, 2.75) is 141 Å². The highest BCUT2D eigenvalue weighted by Gasteiger charge is 2.44. The van der Waals surface area contributed by atoms with Crippen molar-refractivity contribution in [3.63, 3.8) is 0 Å². The second-order valence-corrected chi connectivity index (χ2v) is 16.8. The van der Waals surface area contributed by atoms with E-state index in [2.05, 4.69) is 16.0 Å². The van der Waals surface area contributed by atoms with Crippen molar-refractivity contribution in [2.24, 2.45) is 11.8 Å². The molecular formula is C36H56N4O8S. The highest BCUT2D eigenvalue weighted by atomic mass is 32.2. The van der Waals surface area contributed by atoms with Gasteiger partial charge in [0.05, 0.1) is 10.9 Å². The lowest BCUT2D eigenvalue weighted by atomic mass is 9.93. The molecule has 0 saturated carbocycles. The van der Waals surface area contributed by atoms with Crippen LogP contribution in [0.3, 0.4) is 0 Å². The van der Waals surface area contributed by atoms with Crippen molar-refractivity contribution in [3.8, 4) is 0 Å². The van der Waals surface area contributed by atoms with Gasteiger partial charge in [-0.15, -0.1) is 0 Å². The molecule has 0 bridgehead atoms. The van der Waals surface area contributed by atoms with E-state index in [-0.39, 0.29) is 29.1 Å². The molecular weight excluding hydrogens is 648 g/mol. The highest BCUT2D eigenvalue weighted by molar-refractivity contribution is 7.91. The Labute approximate surface area is 291 Å². The Hall–Kier alpha value is -3.48. The number of fused-ring (bicyclic) bond motifs is 1. The van der Waals surface area contributed by atoms with Crippen molar-refractivity contribution in [3.05, 3.63) is 29.8 Å². The molecule has 0 spiro atoms. The molecule has 0 aliphatic carbocycles. The largest absolute Gasteiger partial charge is 0.444 e. The number of sulfone groups is 1. The molecule has 274 valence electrons. The minimum atomic E-state index is -3.91. The minimum Gasteiger partial charge on any atom is -0.444 e. The van der Waals surface area contributed by atoms with Gasteiger partial charge in [0.15, 0.2) is 9.84 Å². The zero-order valence-corrected chi connectivity index (χ0v) is 30.8. The van der Waals surface area contributed by atoms with E-state index < -0.39 is 63.1 Å². The second-order valence-electron chi connectivity index (χ2n) is 14.9. The van der Waals surface area contributed by atoms with Crippen LogP contribution in [0.25, 0.3) is 0 Å². The lowest BCUT2D eigenvalue weighted by molar-refractivity contribution is -0.143. The van der Waals surface area contributed by atoms with Gasteiger partial charge in [-0.05, 0) is 70.9 Å². The Morgan fingerprint density at radius 3 is 2.08 bits per heavy atom. The van der Waals surface area contributed by atoms with Crippen molar-refractivity contribution >= 4 is 39.4 Å². The van der Waals surface area contributed by atoms with E-state index in [0.717, 1.165) is 50.5 Å². The number of nitrogens with one attached hydrogen (secondary N) is 3. The number of carbonyl (C=O) groups excluding carboxylic acids is 5. The van der Waals surface area contributed by atoms with Crippen LogP contribution in [0.2, 0.25) is 0 Å². The molecule has 0 aromatic heterocycles. The molecule has 49 heavy (non-hydrogen) atoms. The maximum atomic E-state index is 14.1. The number of nitrogens with zero attached hydrogens (tertiary/aromatic N) is 1. The number of hydrogen-bond acceptors (Lipinski definition) is 8. The summed E-state index contributed by atoms with van der Waals surface area (Å²) >= 11 is 0. The zero-order chi connectivity index (χ0) is 36.4. The number of aryl methyl sites for hydroxylation is 1. The van der Waals surface area contributed by atoms with Gasteiger partial charge >= 0.3 is 6.09 Å². The van der Waals surface area contributed by atoms with Crippen molar-refractivity contribution in [1.82, 2.24) is 20.9 Å². The number of hydrogen-bond donors (Lipinski definition) is 3. The van der Waals surface area contributed by atoms with Gasteiger partial charge in [0.2, 0.25) is 17.6 Å². The number of carbonyl (C=O) groups is 5. The topological polar surface area (TPSA) is 168 Å². The zero-order valence-electron chi connectivity index (χ0n) is 30.0.